The summed E-state index contributed by atoms with van der Waals surface area (Å²) in [5, 5.41) is 4.17. The van der Waals surface area contributed by atoms with Gasteiger partial charge >= 0.3 is 0 Å². The Hall–Kier alpha value is -2.04. The Morgan fingerprint density at radius 2 is 1.96 bits per heavy atom. The summed E-state index contributed by atoms with van der Waals surface area (Å²) in [4.78, 5) is 20.3. The number of oxime groups is 1. The smallest absolute Gasteiger partial charge is 0.269 e. The molecule has 1 amide bonds. The molecule has 0 aliphatic carbocycles. The molecule has 1 atom stereocenters. The summed E-state index contributed by atoms with van der Waals surface area (Å²) in [6.07, 6.45) is 2.63. The zero-order valence-corrected chi connectivity index (χ0v) is 14.0. The molecule has 2 aliphatic rings. The fraction of sp³-hybridized carbons (Fsp3) is 0.556. The van der Waals surface area contributed by atoms with Gasteiger partial charge in [0.05, 0.1) is 12.8 Å². The van der Waals surface area contributed by atoms with Crippen LogP contribution in [-0.4, -0.2) is 42.3 Å². The summed E-state index contributed by atoms with van der Waals surface area (Å²) in [7, 11) is 1.64. The van der Waals surface area contributed by atoms with Crippen molar-refractivity contribution >= 4 is 11.6 Å². The van der Waals surface area contributed by atoms with Crippen molar-refractivity contribution in [2.24, 2.45) is 11.1 Å². The zero-order valence-electron chi connectivity index (χ0n) is 14.0. The SMILES string of the molecule is COc1ccc(C2=NO[C@](C)(C(=O)N3CCC(C)CC3)C2)cc1. The number of benzene rings is 1. The third kappa shape index (κ3) is 3.19. The van der Waals surface area contributed by atoms with E-state index in [2.05, 4.69) is 12.1 Å². The van der Waals surface area contributed by atoms with Crippen LogP contribution in [0.15, 0.2) is 29.4 Å². The van der Waals surface area contributed by atoms with E-state index in [0.717, 1.165) is 43.0 Å². The monoisotopic (exact) mass is 316 g/mol. The van der Waals surface area contributed by atoms with E-state index < -0.39 is 5.60 Å². The van der Waals surface area contributed by atoms with Crippen LogP contribution in [0.2, 0.25) is 0 Å². The molecule has 0 N–H and O–H groups in total. The molecule has 3 rings (SSSR count). The summed E-state index contributed by atoms with van der Waals surface area (Å²) < 4.78 is 5.17. The van der Waals surface area contributed by atoms with Gasteiger partial charge in [0.2, 0.25) is 5.60 Å². The van der Waals surface area contributed by atoms with Gasteiger partial charge in [0.25, 0.3) is 5.91 Å². The number of ether oxygens (including phenoxy) is 1. The molecule has 124 valence electrons. The van der Waals surface area contributed by atoms with Crippen molar-refractivity contribution in [2.75, 3.05) is 20.2 Å². The first kappa shape index (κ1) is 15.8. The summed E-state index contributed by atoms with van der Waals surface area (Å²) in [5.41, 5.74) is 0.902. The van der Waals surface area contributed by atoms with Crippen LogP contribution >= 0.6 is 0 Å². The van der Waals surface area contributed by atoms with Gasteiger partial charge in [-0.15, -0.1) is 0 Å². The molecule has 1 aromatic carbocycles. The molecule has 2 heterocycles. The number of nitrogens with zero attached hydrogens (tertiary/aromatic N) is 2. The Balaban J connectivity index is 1.67. The molecule has 1 fully saturated rings. The van der Waals surface area contributed by atoms with Crippen LogP contribution in [0.3, 0.4) is 0 Å². The first-order valence-corrected chi connectivity index (χ1v) is 8.21. The van der Waals surface area contributed by atoms with Gasteiger partial charge in [0, 0.05) is 19.5 Å². The van der Waals surface area contributed by atoms with Crippen LogP contribution in [0.5, 0.6) is 5.75 Å². The van der Waals surface area contributed by atoms with E-state index in [1.54, 1.807) is 7.11 Å². The summed E-state index contributed by atoms with van der Waals surface area (Å²) in [6.45, 7) is 5.71. The molecule has 5 heteroatoms. The predicted octanol–water partition coefficient (Wildman–Crippen LogP) is 2.84. The molecule has 1 saturated heterocycles. The number of piperidine rings is 1. The number of amides is 1. The molecule has 0 unspecified atom stereocenters. The van der Waals surface area contributed by atoms with Crippen molar-refractivity contribution < 1.29 is 14.4 Å². The summed E-state index contributed by atoms with van der Waals surface area (Å²) in [5.74, 6) is 1.55. The van der Waals surface area contributed by atoms with Crippen LogP contribution < -0.4 is 4.74 Å². The molecule has 0 aromatic heterocycles. The first-order valence-electron chi connectivity index (χ1n) is 8.21. The minimum Gasteiger partial charge on any atom is -0.497 e. The molecule has 0 saturated carbocycles. The molecular weight excluding hydrogens is 292 g/mol. The Kier molecular flexibility index (Phi) is 4.28. The third-order valence-electron chi connectivity index (χ3n) is 4.81. The lowest BCUT2D eigenvalue weighted by Crippen LogP contribution is -2.49. The summed E-state index contributed by atoms with van der Waals surface area (Å²) in [6, 6.07) is 7.67. The lowest BCUT2D eigenvalue weighted by atomic mass is 9.92. The van der Waals surface area contributed by atoms with Gasteiger partial charge in [-0.25, -0.2) is 0 Å². The first-order chi connectivity index (χ1) is 11.0. The molecule has 5 nitrogen and oxygen atoms in total. The van der Waals surface area contributed by atoms with Gasteiger partial charge in [-0.3, -0.25) is 4.79 Å². The average Bonchev–Trinajstić information content (AvgIpc) is 2.99. The van der Waals surface area contributed by atoms with Crippen molar-refractivity contribution in [1.82, 2.24) is 4.90 Å². The highest BCUT2D eigenvalue weighted by Gasteiger charge is 2.45. The average molecular weight is 316 g/mol. The van der Waals surface area contributed by atoms with Crippen molar-refractivity contribution in [3.63, 3.8) is 0 Å². The van der Waals surface area contributed by atoms with E-state index in [1.165, 1.54) is 0 Å². The lowest BCUT2D eigenvalue weighted by Gasteiger charge is -2.34. The van der Waals surface area contributed by atoms with Gasteiger partial charge in [-0.05, 0) is 55.5 Å². The quantitative estimate of drug-likeness (QED) is 0.861. The lowest BCUT2D eigenvalue weighted by molar-refractivity contribution is -0.154. The third-order valence-corrected chi connectivity index (χ3v) is 4.81. The Morgan fingerprint density at radius 1 is 1.30 bits per heavy atom. The van der Waals surface area contributed by atoms with Crippen molar-refractivity contribution in [3.8, 4) is 5.75 Å². The number of hydrogen-bond donors (Lipinski definition) is 0. The van der Waals surface area contributed by atoms with E-state index in [4.69, 9.17) is 9.57 Å². The Bertz CT molecular complexity index is 603. The van der Waals surface area contributed by atoms with Gasteiger partial charge in [0.1, 0.15) is 5.75 Å². The van der Waals surface area contributed by atoms with E-state index >= 15 is 0 Å². The van der Waals surface area contributed by atoms with E-state index in [-0.39, 0.29) is 5.91 Å². The second kappa shape index (κ2) is 6.22. The largest absolute Gasteiger partial charge is 0.497 e. The topological polar surface area (TPSA) is 51.1 Å². The summed E-state index contributed by atoms with van der Waals surface area (Å²) >= 11 is 0. The van der Waals surface area contributed by atoms with Crippen LogP contribution in [0.25, 0.3) is 0 Å². The molecule has 23 heavy (non-hydrogen) atoms. The van der Waals surface area contributed by atoms with Crippen LogP contribution in [-0.2, 0) is 9.63 Å². The molecule has 0 bridgehead atoms. The number of carbonyl (C=O) groups is 1. The van der Waals surface area contributed by atoms with Gasteiger partial charge in [0.15, 0.2) is 0 Å². The van der Waals surface area contributed by atoms with Crippen LogP contribution in [0.4, 0.5) is 0 Å². The number of likely N-dealkylation sites (tertiary alicyclic amines) is 1. The molecular formula is C18H24N2O3. The minimum atomic E-state index is -0.879. The van der Waals surface area contributed by atoms with Gasteiger partial charge in [-0.2, -0.15) is 0 Å². The Morgan fingerprint density at radius 3 is 2.57 bits per heavy atom. The standard InChI is InChI=1S/C18H24N2O3/c1-13-8-10-20(11-9-13)17(21)18(2)12-16(19-23-18)14-4-6-15(22-3)7-5-14/h4-7,13H,8-12H2,1-3H3/t18-/m0/s1. The van der Waals surface area contributed by atoms with Crippen molar-refractivity contribution in [1.29, 1.82) is 0 Å². The van der Waals surface area contributed by atoms with Crippen molar-refractivity contribution in [3.05, 3.63) is 29.8 Å². The second-order valence-electron chi connectivity index (χ2n) is 6.74. The van der Waals surface area contributed by atoms with E-state index in [0.29, 0.717) is 12.3 Å². The molecule has 0 radical (unpaired) electrons. The Labute approximate surface area is 137 Å². The van der Waals surface area contributed by atoms with Gasteiger partial charge in [-0.1, -0.05) is 12.1 Å². The van der Waals surface area contributed by atoms with E-state index in [1.807, 2.05) is 36.1 Å². The number of methoxy groups -OCH3 is 1. The molecule has 2 aliphatic heterocycles. The number of rotatable bonds is 3. The van der Waals surface area contributed by atoms with Crippen LogP contribution in [0, 0.1) is 5.92 Å². The highest BCUT2D eigenvalue weighted by molar-refractivity contribution is 6.05. The highest BCUT2D eigenvalue weighted by Crippen LogP contribution is 2.30. The molecule has 0 spiro atoms. The van der Waals surface area contributed by atoms with Crippen LogP contribution in [0.1, 0.15) is 38.7 Å². The fourth-order valence-corrected chi connectivity index (χ4v) is 3.14. The number of hydrogen-bond acceptors (Lipinski definition) is 4. The maximum Gasteiger partial charge on any atom is 0.269 e. The van der Waals surface area contributed by atoms with E-state index in [9.17, 15) is 4.79 Å². The maximum atomic E-state index is 12.8. The van der Waals surface area contributed by atoms with Gasteiger partial charge < -0.3 is 14.5 Å². The fourth-order valence-electron chi connectivity index (χ4n) is 3.14. The van der Waals surface area contributed by atoms with Crippen molar-refractivity contribution in [2.45, 2.75) is 38.7 Å². The maximum absolute atomic E-state index is 12.8. The zero-order chi connectivity index (χ0) is 16.4. The predicted molar refractivity (Wildman–Crippen MR) is 88.6 cm³/mol. The second-order valence-corrected chi connectivity index (χ2v) is 6.74. The molecule has 1 aromatic rings. The highest BCUT2D eigenvalue weighted by atomic mass is 16.7. The number of carbonyl (C=O) groups excluding carboxylic acids is 1. The minimum absolute atomic E-state index is 0.0525. The normalized spacial score (nSPS) is 25.0.